The number of nitrogens with zero attached hydrogens (tertiary/aromatic N) is 1. The van der Waals surface area contributed by atoms with Gasteiger partial charge >= 0.3 is 0 Å². The van der Waals surface area contributed by atoms with Gasteiger partial charge in [0.25, 0.3) is 10.0 Å². The minimum atomic E-state index is -3.62. The summed E-state index contributed by atoms with van der Waals surface area (Å²) < 4.78 is 25.2. The molecule has 1 aromatic carbocycles. The van der Waals surface area contributed by atoms with Crippen LogP contribution in [0, 0.1) is 0 Å². The van der Waals surface area contributed by atoms with Crippen LogP contribution in [0.4, 0.5) is 0 Å². The maximum absolute atomic E-state index is 12.1. The van der Waals surface area contributed by atoms with Crippen molar-refractivity contribution < 1.29 is 13.2 Å². The van der Waals surface area contributed by atoms with Crippen LogP contribution >= 0.6 is 0 Å². The SMILES string of the molecule is CCC(=O)N1[C@H](C)c2ccccc2S1(=O)=O. The van der Waals surface area contributed by atoms with Crippen LogP contribution in [-0.2, 0) is 14.8 Å². The van der Waals surface area contributed by atoms with Crippen molar-refractivity contribution in [1.29, 1.82) is 0 Å². The van der Waals surface area contributed by atoms with Gasteiger partial charge in [0.05, 0.1) is 10.9 Å². The lowest BCUT2D eigenvalue weighted by molar-refractivity contribution is -0.127. The molecule has 1 heterocycles. The molecule has 2 rings (SSSR count). The van der Waals surface area contributed by atoms with Crippen LogP contribution in [0.5, 0.6) is 0 Å². The molecule has 0 bridgehead atoms. The second-order valence-electron chi connectivity index (χ2n) is 3.76. The van der Waals surface area contributed by atoms with Gasteiger partial charge in [-0.2, -0.15) is 0 Å². The number of fused-ring (bicyclic) bond motifs is 1. The third-order valence-electron chi connectivity index (χ3n) is 2.81. The molecule has 0 N–H and O–H groups in total. The molecule has 1 aliphatic rings. The van der Waals surface area contributed by atoms with Crippen LogP contribution in [0.3, 0.4) is 0 Å². The third kappa shape index (κ3) is 1.35. The highest BCUT2D eigenvalue weighted by molar-refractivity contribution is 7.90. The minimum Gasteiger partial charge on any atom is -0.274 e. The van der Waals surface area contributed by atoms with Crippen LogP contribution in [0.2, 0.25) is 0 Å². The summed E-state index contributed by atoms with van der Waals surface area (Å²) in [6, 6.07) is 6.35. The molecule has 1 atom stereocenters. The summed E-state index contributed by atoms with van der Waals surface area (Å²) in [6.45, 7) is 3.39. The van der Waals surface area contributed by atoms with Gasteiger partial charge in [-0.25, -0.2) is 12.7 Å². The third-order valence-corrected chi connectivity index (χ3v) is 4.77. The van der Waals surface area contributed by atoms with Gasteiger partial charge in [-0.1, -0.05) is 25.1 Å². The van der Waals surface area contributed by atoms with E-state index in [4.69, 9.17) is 0 Å². The van der Waals surface area contributed by atoms with E-state index in [1.807, 2.05) is 0 Å². The molecule has 0 aliphatic carbocycles. The molecule has 0 saturated carbocycles. The zero-order chi connectivity index (χ0) is 11.9. The molecule has 5 heteroatoms. The van der Waals surface area contributed by atoms with Crippen molar-refractivity contribution >= 4 is 15.9 Å². The number of amides is 1. The Morgan fingerprint density at radius 1 is 1.38 bits per heavy atom. The molecule has 0 aromatic heterocycles. The summed E-state index contributed by atoms with van der Waals surface area (Å²) in [4.78, 5) is 11.9. The number of sulfonamides is 1. The fourth-order valence-electron chi connectivity index (χ4n) is 2.01. The monoisotopic (exact) mass is 239 g/mol. The van der Waals surface area contributed by atoms with Gasteiger partial charge in [-0.05, 0) is 18.6 Å². The lowest BCUT2D eigenvalue weighted by Gasteiger charge is -2.19. The van der Waals surface area contributed by atoms with Crippen LogP contribution in [0.1, 0.15) is 31.9 Å². The maximum atomic E-state index is 12.1. The molecular formula is C11H13NO3S. The lowest BCUT2D eigenvalue weighted by atomic mass is 10.1. The van der Waals surface area contributed by atoms with Gasteiger partial charge in [0.15, 0.2) is 0 Å². The van der Waals surface area contributed by atoms with E-state index in [0.717, 1.165) is 4.31 Å². The fourth-order valence-corrected chi connectivity index (χ4v) is 3.93. The second kappa shape index (κ2) is 3.59. The van der Waals surface area contributed by atoms with Crippen molar-refractivity contribution in [2.75, 3.05) is 0 Å². The molecule has 0 saturated heterocycles. The van der Waals surface area contributed by atoms with Gasteiger partial charge in [0.2, 0.25) is 5.91 Å². The molecule has 1 aromatic rings. The highest BCUT2D eigenvalue weighted by Gasteiger charge is 2.42. The molecule has 4 nitrogen and oxygen atoms in total. The van der Waals surface area contributed by atoms with Crippen molar-refractivity contribution in [1.82, 2.24) is 4.31 Å². The van der Waals surface area contributed by atoms with Crippen LogP contribution in [-0.4, -0.2) is 18.6 Å². The molecule has 16 heavy (non-hydrogen) atoms. The first-order valence-electron chi connectivity index (χ1n) is 5.16. The normalized spacial score (nSPS) is 21.9. The van der Waals surface area contributed by atoms with Crippen molar-refractivity contribution in [2.45, 2.75) is 31.2 Å². The average Bonchev–Trinajstić information content (AvgIpc) is 2.47. The Bertz CT molecular complexity index is 536. The highest BCUT2D eigenvalue weighted by Crippen LogP contribution is 2.39. The summed E-state index contributed by atoms with van der Waals surface area (Å²) in [7, 11) is -3.62. The van der Waals surface area contributed by atoms with E-state index in [-0.39, 0.29) is 17.2 Å². The molecule has 86 valence electrons. The van der Waals surface area contributed by atoms with E-state index in [1.165, 1.54) is 0 Å². The molecule has 0 radical (unpaired) electrons. The Morgan fingerprint density at radius 2 is 2.00 bits per heavy atom. The lowest BCUT2D eigenvalue weighted by Crippen LogP contribution is -2.32. The summed E-state index contributed by atoms with van der Waals surface area (Å²) >= 11 is 0. The van der Waals surface area contributed by atoms with Gasteiger partial charge in [-0.15, -0.1) is 0 Å². The van der Waals surface area contributed by atoms with E-state index in [0.29, 0.717) is 5.56 Å². The van der Waals surface area contributed by atoms with E-state index < -0.39 is 16.1 Å². The number of carbonyl (C=O) groups excluding carboxylic acids is 1. The smallest absolute Gasteiger partial charge is 0.267 e. The van der Waals surface area contributed by atoms with E-state index in [1.54, 1.807) is 38.1 Å². The Balaban J connectivity index is 2.62. The highest BCUT2D eigenvalue weighted by atomic mass is 32.2. The fraction of sp³-hybridized carbons (Fsp3) is 0.364. The van der Waals surface area contributed by atoms with Gasteiger partial charge in [-0.3, -0.25) is 4.79 Å². The summed E-state index contributed by atoms with van der Waals surface area (Å²) in [5.41, 5.74) is 0.698. The Labute approximate surface area is 94.9 Å². The van der Waals surface area contributed by atoms with E-state index >= 15 is 0 Å². The zero-order valence-corrected chi connectivity index (χ0v) is 9.99. The molecule has 0 unspecified atom stereocenters. The van der Waals surface area contributed by atoms with Crippen LogP contribution in [0.15, 0.2) is 29.2 Å². The van der Waals surface area contributed by atoms with E-state index in [2.05, 4.69) is 0 Å². The molecule has 0 fully saturated rings. The predicted molar refractivity (Wildman–Crippen MR) is 59.2 cm³/mol. The molecule has 1 amide bonds. The molecule has 0 spiro atoms. The number of benzene rings is 1. The summed E-state index contributed by atoms with van der Waals surface area (Å²) in [6.07, 6.45) is 0.192. The first-order chi connectivity index (χ1) is 7.50. The Kier molecular flexibility index (Phi) is 2.50. The summed E-state index contributed by atoms with van der Waals surface area (Å²) in [5, 5.41) is 0. The standard InChI is InChI=1S/C11H13NO3S/c1-3-11(13)12-8(2)9-6-4-5-7-10(9)16(12,14)15/h4-8H,3H2,1-2H3/t8-/m1/s1. The number of hydrogen-bond donors (Lipinski definition) is 0. The summed E-state index contributed by atoms with van der Waals surface area (Å²) in [5.74, 6) is -0.358. The van der Waals surface area contributed by atoms with Crippen LogP contribution < -0.4 is 0 Å². The predicted octanol–water partition coefficient (Wildman–Crippen LogP) is 1.69. The van der Waals surface area contributed by atoms with Crippen LogP contribution in [0.25, 0.3) is 0 Å². The first-order valence-corrected chi connectivity index (χ1v) is 6.60. The maximum Gasteiger partial charge on any atom is 0.267 e. The zero-order valence-electron chi connectivity index (χ0n) is 9.17. The minimum absolute atomic E-state index is 0.192. The topological polar surface area (TPSA) is 54.5 Å². The van der Waals surface area contributed by atoms with Crippen molar-refractivity contribution in [3.8, 4) is 0 Å². The Morgan fingerprint density at radius 3 is 2.56 bits per heavy atom. The van der Waals surface area contributed by atoms with Gasteiger partial charge in [0.1, 0.15) is 0 Å². The largest absolute Gasteiger partial charge is 0.274 e. The van der Waals surface area contributed by atoms with Gasteiger partial charge < -0.3 is 0 Å². The molecule has 1 aliphatic heterocycles. The number of carbonyl (C=O) groups is 1. The average molecular weight is 239 g/mol. The van der Waals surface area contributed by atoms with Crippen molar-refractivity contribution in [3.63, 3.8) is 0 Å². The molecular weight excluding hydrogens is 226 g/mol. The number of hydrogen-bond acceptors (Lipinski definition) is 3. The van der Waals surface area contributed by atoms with Gasteiger partial charge in [0, 0.05) is 6.42 Å². The number of rotatable bonds is 1. The second-order valence-corrected chi connectivity index (χ2v) is 5.55. The van der Waals surface area contributed by atoms with Crippen molar-refractivity contribution in [3.05, 3.63) is 29.8 Å². The Hall–Kier alpha value is -1.36. The first kappa shape index (κ1) is 11.1. The van der Waals surface area contributed by atoms with E-state index in [9.17, 15) is 13.2 Å². The van der Waals surface area contributed by atoms with Crippen molar-refractivity contribution in [2.24, 2.45) is 0 Å². The quantitative estimate of drug-likeness (QED) is 0.749.